The second-order valence-electron chi connectivity index (χ2n) is 5.55. The molecule has 2 N–H and O–H groups in total. The maximum Gasteiger partial charge on any atom is 0.269 e. The van der Waals surface area contributed by atoms with Gasteiger partial charge in [-0.1, -0.05) is 24.3 Å². The smallest absolute Gasteiger partial charge is 0.269 e. The number of aromatic nitrogens is 8. The molecule has 0 atom stereocenters. The van der Waals surface area contributed by atoms with Gasteiger partial charge in [0.05, 0.1) is 6.54 Å². The van der Waals surface area contributed by atoms with E-state index in [0.717, 1.165) is 11.1 Å². The summed E-state index contributed by atoms with van der Waals surface area (Å²) < 4.78 is 3.21. The summed E-state index contributed by atoms with van der Waals surface area (Å²) in [6.07, 6.45) is 5.05. The minimum Gasteiger partial charge on any atom is -0.347 e. The van der Waals surface area contributed by atoms with Gasteiger partial charge in [0.1, 0.15) is 12.0 Å². The molecule has 0 bridgehead atoms. The Morgan fingerprint density at radius 3 is 2.85 bits per heavy atom. The summed E-state index contributed by atoms with van der Waals surface area (Å²) >= 11 is 0. The number of carbonyl (C=O) groups excluding carboxylic acids is 1. The van der Waals surface area contributed by atoms with Crippen LogP contribution in [0.4, 0.5) is 0 Å². The van der Waals surface area contributed by atoms with E-state index in [1.807, 2.05) is 41.2 Å². The molecule has 10 heteroatoms. The number of rotatable bonds is 6. The van der Waals surface area contributed by atoms with Crippen LogP contribution in [0.2, 0.25) is 0 Å². The zero-order valence-electron chi connectivity index (χ0n) is 13.6. The van der Waals surface area contributed by atoms with Crippen LogP contribution in [0.5, 0.6) is 0 Å². The molecule has 0 aliphatic carbocycles. The van der Waals surface area contributed by atoms with E-state index in [1.54, 1.807) is 12.3 Å². The Hall–Kier alpha value is -3.82. The van der Waals surface area contributed by atoms with Crippen molar-refractivity contribution >= 4 is 5.91 Å². The number of hydrogen-bond donors (Lipinski definition) is 2. The molecule has 0 aliphatic rings. The normalized spacial score (nSPS) is 10.8. The molecule has 0 radical (unpaired) electrons. The summed E-state index contributed by atoms with van der Waals surface area (Å²) in [4.78, 5) is 12.4. The quantitative estimate of drug-likeness (QED) is 0.525. The number of aromatic amines is 1. The first-order valence-corrected chi connectivity index (χ1v) is 7.91. The van der Waals surface area contributed by atoms with E-state index in [0.29, 0.717) is 24.6 Å². The minimum atomic E-state index is -0.259. The highest BCUT2D eigenvalue weighted by Gasteiger charge is 2.12. The summed E-state index contributed by atoms with van der Waals surface area (Å²) in [6.45, 7) is 1.04. The number of H-pyrrole nitrogens is 1. The van der Waals surface area contributed by atoms with Crippen molar-refractivity contribution in [2.75, 3.05) is 0 Å². The van der Waals surface area contributed by atoms with Gasteiger partial charge in [-0.15, -0.1) is 5.10 Å². The van der Waals surface area contributed by atoms with Crippen molar-refractivity contribution in [3.63, 3.8) is 0 Å². The van der Waals surface area contributed by atoms with E-state index in [9.17, 15) is 4.79 Å². The third-order valence-corrected chi connectivity index (χ3v) is 3.84. The van der Waals surface area contributed by atoms with Gasteiger partial charge in [0.15, 0.2) is 5.82 Å². The van der Waals surface area contributed by atoms with Crippen molar-refractivity contribution in [3.8, 4) is 5.82 Å². The Morgan fingerprint density at radius 2 is 2.08 bits per heavy atom. The molecule has 0 saturated heterocycles. The van der Waals surface area contributed by atoms with Gasteiger partial charge < -0.3 is 5.32 Å². The van der Waals surface area contributed by atoms with Crippen molar-refractivity contribution in [2.45, 2.75) is 13.1 Å². The fraction of sp³-hybridized carbons (Fsp3) is 0.125. The van der Waals surface area contributed by atoms with Gasteiger partial charge in [0.25, 0.3) is 5.91 Å². The fourth-order valence-corrected chi connectivity index (χ4v) is 2.53. The van der Waals surface area contributed by atoms with Gasteiger partial charge in [-0.25, -0.2) is 0 Å². The van der Waals surface area contributed by atoms with E-state index >= 15 is 0 Å². The first kappa shape index (κ1) is 15.7. The van der Waals surface area contributed by atoms with Gasteiger partial charge in [0.2, 0.25) is 0 Å². The first-order chi connectivity index (χ1) is 12.8. The van der Waals surface area contributed by atoms with Crippen LogP contribution in [0.1, 0.15) is 21.6 Å². The van der Waals surface area contributed by atoms with Crippen molar-refractivity contribution < 1.29 is 4.79 Å². The van der Waals surface area contributed by atoms with Gasteiger partial charge in [-0.05, 0) is 27.6 Å². The summed E-state index contributed by atoms with van der Waals surface area (Å²) in [5.74, 6) is 0.185. The zero-order chi connectivity index (χ0) is 17.8. The van der Waals surface area contributed by atoms with Crippen molar-refractivity contribution in [2.24, 2.45) is 0 Å². The molecule has 0 aliphatic heterocycles. The van der Waals surface area contributed by atoms with Crippen LogP contribution < -0.4 is 5.32 Å². The molecule has 3 heterocycles. The second-order valence-corrected chi connectivity index (χ2v) is 5.55. The van der Waals surface area contributed by atoms with E-state index < -0.39 is 0 Å². The summed E-state index contributed by atoms with van der Waals surface area (Å²) in [5.41, 5.74) is 2.45. The van der Waals surface area contributed by atoms with E-state index in [4.69, 9.17) is 0 Å². The molecule has 130 valence electrons. The lowest BCUT2D eigenvalue weighted by molar-refractivity contribution is 0.0946. The van der Waals surface area contributed by atoms with E-state index in [-0.39, 0.29) is 5.91 Å². The monoisotopic (exact) mass is 349 g/mol. The number of nitrogens with zero attached hydrogens (tertiary/aromatic N) is 7. The molecule has 1 amide bonds. The third-order valence-electron chi connectivity index (χ3n) is 3.84. The van der Waals surface area contributed by atoms with Crippen molar-refractivity contribution in [1.82, 2.24) is 45.5 Å². The number of nitrogens with one attached hydrogen (secondary N) is 2. The van der Waals surface area contributed by atoms with Crippen LogP contribution in [-0.4, -0.2) is 46.1 Å². The van der Waals surface area contributed by atoms with Gasteiger partial charge in [-0.3, -0.25) is 14.6 Å². The average Bonchev–Trinajstić information content (AvgIpc) is 3.41. The molecule has 0 fully saturated rings. The Balaban J connectivity index is 1.43. The zero-order valence-corrected chi connectivity index (χ0v) is 13.6. The maximum atomic E-state index is 12.4. The summed E-state index contributed by atoms with van der Waals surface area (Å²) in [5, 5.41) is 24.6. The Labute approximate surface area is 147 Å². The molecule has 1 aromatic carbocycles. The van der Waals surface area contributed by atoms with Gasteiger partial charge >= 0.3 is 0 Å². The summed E-state index contributed by atoms with van der Waals surface area (Å²) in [6, 6.07) is 11.4. The lowest BCUT2D eigenvalue weighted by atomic mass is 10.1. The highest BCUT2D eigenvalue weighted by atomic mass is 16.1. The molecule has 3 aromatic heterocycles. The standard InChI is InChI=1S/C16H15N9O/c26-16(14-8-15(21-20-14)25-11-18-22-23-25)17-9-12-4-1-2-5-13(12)10-24-7-3-6-19-24/h1-8,11H,9-10H2,(H,17,26)(H,20,21). The van der Waals surface area contributed by atoms with Crippen LogP contribution in [-0.2, 0) is 13.1 Å². The van der Waals surface area contributed by atoms with Crippen LogP contribution >= 0.6 is 0 Å². The Bertz CT molecular complexity index is 989. The Kier molecular flexibility index (Phi) is 4.21. The van der Waals surface area contributed by atoms with Crippen molar-refractivity contribution in [3.05, 3.63) is 71.9 Å². The van der Waals surface area contributed by atoms with Crippen molar-refractivity contribution in [1.29, 1.82) is 0 Å². The molecule has 0 spiro atoms. The molecule has 4 aromatic rings. The largest absolute Gasteiger partial charge is 0.347 e. The highest BCUT2D eigenvalue weighted by molar-refractivity contribution is 5.92. The number of amides is 1. The fourth-order valence-electron chi connectivity index (χ4n) is 2.53. The predicted molar refractivity (Wildman–Crippen MR) is 90.2 cm³/mol. The Morgan fingerprint density at radius 1 is 1.19 bits per heavy atom. The molecular weight excluding hydrogens is 334 g/mol. The highest BCUT2D eigenvalue weighted by Crippen LogP contribution is 2.11. The molecular formula is C16H15N9O. The SMILES string of the molecule is O=C(NCc1ccccc1Cn1cccn1)c1cc(-n2cnnn2)n[nH]1. The molecule has 26 heavy (non-hydrogen) atoms. The van der Waals surface area contributed by atoms with Crippen LogP contribution in [0.15, 0.2) is 55.1 Å². The second kappa shape index (κ2) is 6.97. The number of tetrazole rings is 1. The maximum absolute atomic E-state index is 12.4. The lowest BCUT2D eigenvalue weighted by Gasteiger charge is -2.10. The lowest BCUT2D eigenvalue weighted by Crippen LogP contribution is -2.24. The van der Waals surface area contributed by atoms with Gasteiger partial charge in [-0.2, -0.15) is 14.9 Å². The third kappa shape index (κ3) is 3.34. The van der Waals surface area contributed by atoms with Crippen LogP contribution in [0, 0.1) is 0 Å². The number of benzene rings is 1. The summed E-state index contributed by atoms with van der Waals surface area (Å²) in [7, 11) is 0. The van der Waals surface area contributed by atoms with Crippen LogP contribution in [0.3, 0.4) is 0 Å². The first-order valence-electron chi connectivity index (χ1n) is 7.91. The molecule has 4 rings (SSSR count). The molecule has 10 nitrogen and oxygen atoms in total. The topological polar surface area (TPSA) is 119 Å². The average molecular weight is 349 g/mol. The minimum absolute atomic E-state index is 0.259. The predicted octanol–water partition coefficient (Wildman–Crippen LogP) is 0.560. The number of hydrogen-bond acceptors (Lipinski definition) is 6. The van der Waals surface area contributed by atoms with Gasteiger partial charge in [0, 0.05) is 25.0 Å². The molecule has 0 unspecified atom stereocenters. The van der Waals surface area contributed by atoms with E-state index in [1.165, 1.54) is 11.0 Å². The molecule has 0 saturated carbocycles. The number of carbonyl (C=O) groups is 1. The van der Waals surface area contributed by atoms with E-state index in [2.05, 4.69) is 36.1 Å². The van der Waals surface area contributed by atoms with Crippen LogP contribution in [0.25, 0.3) is 5.82 Å².